The van der Waals surface area contributed by atoms with Crippen molar-refractivity contribution in [2.24, 2.45) is 0 Å². The largest absolute Gasteiger partial charge is 0.323 e. The van der Waals surface area contributed by atoms with E-state index in [-0.39, 0.29) is 11.7 Å². The summed E-state index contributed by atoms with van der Waals surface area (Å²) in [6, 6.07) is -0.303. The van der Waals surface area contributed by atoms with Gasteiger partial charge in [0.1, 0.15) is 0 Å². The van der Waals surface area contributed by atoms with Crippen molar-refractivity contribution in [2.45, 2.75) is 19.0 Å². The lowest BCUT2D eigenvalue weighted by Crippen LogP contribution is -2.55. The van der Waals surface area contributed by atoms with Gasteiger partial charge in [-0.2, -0.15) is 0 Å². The maximum absolute atomic E-state index is 11.5. The van der Waals surface area contributed by atoms with Gasteiger partial charge in [-0.25, -0.2) is 4.79 Å². The van der Waals surface area contributed by atoms with Crippen LogP contribution in [-0.4, -0.2) is 47.1 Å². The maximum Gasteiger partial charge on any atom is 0.323 e. The third kappa shape index (κ3) is 1.73. The van der Waals surface area contributed by atoms with Crippen molar-refractivity contribution < 1.29 is 9.72 Å². The Bertz CT molecular complexity index is 349. The van der Waals surface area contributed by atoms with Crippen LogP contribution in [0.1, 0.15) is 12.8 Å². The van der Waals surface area contributed by atoms with Crippen LogP contribution in [0.2, 0.25) is 0 Å². The van der Waals surface area contributed by atoms with E-state index in [1.807, 2.05) is 4.90 Å². The second kappa shape index (κ2) is 4.09. The van der Waals surface area contributed by atoms with E-state index in [0.29, 0.717) is 0 Å². The summed E-state index contributed by atoms with van der Waals surface area (Å²) >= 11 is 0. The summed E-state index contributed by atoms with van der Waals surface area (Å²) in [5, 5.41) is 13.3. The van der Waals surface area contributed by atoms with E-state index in [9.17, 15) is 14.9 Å². The Morgan fingerprint density at radius 1 is 1.50 bits per heavy atom. The van der Waals surface area contributed by atoms with Crippen LogP contribution in [0.15, 0.2) is 11.9 Å². The Hall–Kier alpha value is -1.63. The molecular formula is C9H14N4O3. The number of carbonyl (C=O) groups excluding carboxylic acids is 1. The number of rotatable bonds is 2. The van der Waals surface area contributed by atoms with Gasteiger partial charge in [-0.1, -0.05) is 0 Å². The second-order valence-corrected chi connectivity index (χ2v) is 4.00. The van der Waals surface area contributed by atoms with E-state index < -0.39 is 11.1 Å². The number of urea groups is 1. The van der Waals surface area contributed by atoms with Gasteiger partial charge in [0.25, 0.3) is 5.70 Å². The third-order valence-electron chi connectivity index (χ3n) is 2.99. The van der Waals surface area contributed by atoms with Crippen LogP contribution in [0.25, 0.3) is 0 Å². The molecule has 0 aliphatic carbocycles. The number of amides is 2. The van der Waals surface area contributed by atoms with Crippen LogP contribution >= 0.6 is 0 Å². The van der Waals surface area contributed by atoms with Gasteiger partial charge in [-0.05, 0) is 12.8 Å². The number of nitro groups is 1. The van der Waals surface area contributed by atoms with Crippen molar-refractivity contribution in [3.05, 3.63) is 22.0 Å². The fourth-order valence-electron chi connectivity index (χ4n) is 2.19. The molecule has 0 aromatic heterocycles. The first-order valence-corrected chi connectivity index (χ1v) is 5.23. The fraction of sp³-hybridized carbons (Fsp3) is 0.667. The molecule has 0 radical (unpaired) electrons. The minimum absolute atomic E-state index is 0.0315. The van der Waals surface area contributed by atoms with Crippen molar-refractivity contribution in [3.63, 3.8) is 0 Å². The average Bonchev–Trinajstić information content (AvgIpc) is 2.74. The Labute approximate surface area is 92.8 Å². The van der Waals surface area contributed by atoms with Crippen molar-refractivity contribution in [3.8, 4) is 0 Å². The first-order valence-electron chi connectivity index (χ1n) is 5.23. The smallest absolute Gasteiger partial charge is 0.308 e. The van der Waals surface area contributed by atoms with Crippen molar-refractivity contribution in [1.82, 2.24) is 15.1 Å². The molecule has 1 atom stereocenters. The Kier molecular flexibility index (Phi) is 2.78. The number of likely N-dealkylation sites (tertiary alicyclic amines) is 1. The van der Waals surface area contributed by atoms with Crippen molar-refractivity contribution in [2.75, 3.05) is 20.1 Å². The quantitative estimate of drug-likeness (QED) is 0.538. The highest BCUT2D eigenvalue weighted by atomic mass is 16.6. The minimum Gasteiger partial charge on any atom is -0.308 e. The molecule has 0 bridgehead atoms. The number of likely N-dealkylation sites (N-methyl/N-ethyl adjacent to an activating group) is 1. The summed E-state index contributed by atoms with van der Waals surface area (Å²) in [4.78, 5) is 25.3. The van der Waals surface area contributed by atoms with Crippen LogP contribution in [-0.2, 0) is 0 Å². The summed E-state index contributed by atoms with van der Waals surface area (Å²) in [6.07, 6.45) is 2.71. The number of hydrogen-bond donors (Lipinski definition) is 1. The van der Waals surface area contributed by atoms with Crippen LogP contribution < -0.4 is 5.32 Å². The van der Waals surface area contributed by atoms with Gasteiger partial charge >= 0.3 is 6.03 Å². The topological polar surface area (TPSA) is 78.7 Å². The minimum atomic E-state index is -0.536. The predicted octanol–water partition coefficient (Wildman–Crippen LogP) is 0.181. The number of carbonyl (C=O) groups is 1. The zero-order valence-corrected chi connectivity index (χ0v) is 9.05. The van der Waals surface area contributed by atoms with Crippen LogP contribution in [0.3, 0.4) is 0 Å². The highest BCUT2D eigenvalue weighted by Crippen LogP contribution is 2.22. The third-order valence-corrected chi connectivity index (χ3v) is 2.99. The van der Waals surface area contributed by atoms with E-state index in [1.54, 1.807) is 7.05 Å². The van der Waals surface area contributed by atoms with E-state index in [0.717, 1.165) is 25.9 Å². The monoisotopic (exact) mass is 226 g/mol. The Morgan fingerprint density at radius 2 is 2.12 bits per heavy atom. The molecule has 0 aromatic rings. The Morgan fingerprint density at radius 3 is 2.69 bits per heavy atom. The maximum atomic E-state index is 11.5. The molecule has 88 valence electrons. The molecule has 2 rings (SSSR count). The second-order valence-electron chi connectivity index (χ2n) is 4.00. The lowest BCUT2D eigenvalue weighted by molar-refractivity contribution is -0.437. The summed E-state index contributed by atoms with van der Waals surface area (Å²) in [6.45, 7) is 1.60. The zero-order chi connectivity index (χ0) is 11.7. The van der Waals surface area contributed by atoms with Gasteiger partial charge < -0.3 is 10.2 Å². The van der Waals surface area contributed by atoms with E-state index in [2.05, 4.69) is 5.32 Å². The summed E-state index contributed by atoms with van der Waals surface area (Å²) in [5.74, 6) is 0. The van der Waals surface area contributed by atoms with Gasteiger partial charge in [0, 0.05) is 20.1 Å². The molecule has 0 saturated carbocycles. The van der Waals surface area contributed by atoms with E-state index in [4.69, 9.17) is 0 Å². The predicted molar refractivity (Wildman–Crippen MR) is 56.0 cm³/mol. The van der Waals surface area contributed by atoms with Gasteiger partial charge in [0.15, 0.2) is 6.17 Å². The zero-order valence-electron chi connectivity index (χ0n) is 9.05. The molecule has 1 unspecified atom stereocenters. The molecule has 1 fully saturated rings. The summed E-state index contributed by atoms with van der Waals surface area (Å²) < 4.78 is 0. The molecule has 7 heteroatoms. The van der Waals surface area contributed by atoms with Crippen molar-refractivity contribution >= 4 is 6.03 Å². The standard InChI is InChI=1S/C9H14N4O3/c1-11-8(12-4-2-3-5-12)7(13(15)16)6-10-9(11)14/h6,8H,2-5H2,1H3,(H,10,14). The first-order chi connectivity index (χ1) is 7.61. The van der Waals surface area contributed by atoms with Crippen LogP contribution in [0, 0.1) is 10.1 Å². The van der Waals surface area contributed by atoms with Crippen LogP contribution in [0.4, 0.5) is 4.79 Å². The van der Waals surface area contributed by atoms with Gasteiger partial charge in [0.05, 0.1) is 11.1 Å². The van der Waals surface area contributed by atoms with E-state index in [1.165, 1.54) is 11.1 Å². The molecule has 0 aromatic carbocycles. The number of hydrogen-bond acceptors (Lipinski definition) is 4. The van der Waals surface area contributed by atoms with Gasteiger partial charge in [0.2, 0.25) is 0 Å². The van der Waals surface area contributed by atoms with Gasteiger partial charge in [-0.15, -0.1) is 0 Å². The highest BCUT2D eigenvalue weighted by molar-refractivity contribution is 5.76. The number of nitrogens with zero attached hydrogens (tertiary/aromatic N) is 3. The first kappa shape index (κ1) is 10.9. The lowest BCUT2D eigenvalue weighted by Gasteiger charge is -2.34. The lowest BCUT2D eigenvalue weighted by atomic mass is 10.2. The Balaban J connectivity index is 2.27. The highest BCUT2D eigenvalue weighted by Gasteiger charge is 2.40. The molecule has 2 aliphatic rings. The van der Waals surface area contributed by atoms with Crippen LogP contribution in [0.5, 0.6) is 0 Å². The van der Waals surface area contributed by atoms with Gasteiger partial charge in [-0.3, -0.25) is 15.0 Å². The fourth-order valence-corrected chi connectivity index (χ4v) is 2.19. The molecule has 1 N–H and O–H groups in total. The number of nitrogens with one attached hydrogen (secondary N) is 1. The molecule has 2 heterocycles. The molecule has 2 amide bonds. The molecular weight excluding hydrogens is 212 g/mol. The SMILES string of the molecule is CN1C(=O)NC=C([N+](=O)[O-])C1N1CCCC1. The average molecular weight is 226 g/mol. The molecule has 0 spiro atoms. The van der Waals surface area contributed by atoms with E-state index >= 15 is 0 Å². The molecule has 1 saturated heterocycles. The molecule has 16 heavy (non-hydrogen) atoms. The molecule has 2 aliphatic heterocycles. The molecule has 7 nitrogen and oxygen atoms in total. The normalized spacial score (nSPS) is 26.6. The summed E-state index contributed by atoms with van der Waals surface area (Å²) in [7, 11) is 1.58. The summed E-state index contributed by atoms with van der Waals surface area (Å²) in [5.41, 5.74) is 0.0315. The van der Waals surface area contributed by atoms with Crippen molar-refractivity contribution in [1.29, 1.82) is 0 Å².